The van der Waals surface area contributed by atoms with E-state index in [1.165, 1.54) is 0 Å². The van der Waals surface area contributed by atoms with Gasteiger partial charge in [0.25, 0.3) is 0 Å². The molecule has 0 spiro atoms. The third-order valence-electron chi connectivity index (χ3n) is 4.68. The zero-order valence-electron chi connectivity index (χ0n) is 13.9. The molecule has 1 saturated carbocycles. The third-order valence-corrected chi connectivity index (χ3v) is 4.68. The monoisotopic (exact) mass is 340 g/mol. The number of hydrogen-bond donors (Lipinski definition) is 1. The third kappa shape index (κ3) is 3.55. The number of aromatic nitrogens is 2. The van der Waals surface area contributed by atoms with Crippen LogP contribution in [-0.4, -0.2) is 46.0 Å². The van der Waals surface area contributed by atoms with E-state index in [0.717, 1.165) is 18.4 Å². The van der Waals surface area contributed by atoms with Crippen LogP contribution in [0.25, 0.3) is 11.4 Å². The van der Waals surface area contributed by atoms with Crippen LogP contribution in [0, 0.1) is 5.92 Å². The summed E-state index contributed by atoms with van der Waals surface area (Å²) in [6, 6.07) is 8.93. The number of piperazine rings is 1. The Bertz CT molecular complexity index is 770. The van der Waals surface area contributed by atoms with Gasteiger partial charge in [0.2, 0.25) is 23.5 Å². The highest BCUT2D eigenvalue weighted by Gasteiger charge is 2.36. The van der Waals surface area contributed by atoms with Gasteiger partial charge in [-0.05, 0) is 18.8 Å². The maximum Gasteiger partial charge on any atom is 0.243 e. The number of amides is 2. The molecule has 2 aromatic rings. The van der Waals surface area contributed by atoms with Crippen LogP contribution in [0.4, 0.5) is 0 Å². The molecule has 2 amide bonds. The molecule has 2 heterocycles. The Hall–Kier alpha value is -2.70. The van der Waals surface area contributed by atoms with E-state index >= 15 is 0 Å². The molecule has 1 aliphatic carbocycles. The second kappa shape index (κ2) is 6.66. The van der Waals surface area contributed by atoms with E-state index in [0.29, 0.717) is 37.1 Å². The van der Waals surface area contributed by atoms with Crippen LogP contribution < -0.4 is 5.32 Å². The first kappa shape index (κ1) is 15.8. The molecular formula is C18H20N4O3. The maximum atomic E-state index is 12.5. The van der Waals surface area contributed by atoms with E-state index in [2.05, 4.69) is 15.5 Å². The summed E-state index contributed by atoms with van der Waals surface area (Å²) in [5, 5.41) is 6.81. The molecule has 1 aromatic heterocycles. The smallest absolute Gasteiger partial charge is 0.243 e. The van der Waals surface area contributed by atoms with Crippen LogP contribution in [0.2, 0.25) is 0 Å². The van der Waals surface area contributed by atoms with Crippen molar-refractivity contribution in [2.75, 3.05) is 13.1 Å². The van der Waals surface area contributed by atoms with Crippen LogP contribution in [0.5, 0.6) is 0 Å². The second-order valence-corrected chi connectivity index (χ2v) is 6.62. The van der Waals surface area contributed by atoms with Gasteiger partial charge in [0.05, 0.1) is 6.42 Å². The standard InChI is InChI=1S/C18H20N4O3/c23-16(10-12-6-7-12)22-9-8-19-18(24)14(22)11-15-20-17(21-25-15)13-4-2-1-3-5-13/h1-5,12,14H,6-11H2,(H,19,24). The average molecular weight is 340 g/mol. The van der Waals surface area contributed by atoms with Gasteiger partial charge in [-0.3, -0.25) is 9.59 Å². The summed E-state index contributed by atoms with van der Waals surface area (Å²) in [6.07, 6.45) is 2.99. The largest absolute Gasteiger partial charge is 0.353 e. The molecule has 1 N–H and O–H groups in total. The maximum absolute atomic E-state index is 12.5. The molecule has 2 fully saturated rings. The number of carbonyl (C=O) groups excluding carboxylic acids is 2. The van der Waals surface area contributed by atoms with Gasteiger partial charge in [-0.2, -0.15) is 4.98 Å². The minimum atomic E-state index is -0.580. The molecule has 1 unspecified atom stereocenters. The van der Waals surface area contributed by atoms with Crippen molar-refractivity contribution < 1.29 is 14.1 Å². The van der Waals surface area contributed by atoms with Crippen LogP contribution in [0.3, 0.4) is 0 Å². The molecule has 1 aromatic carbocycles. The fraction of sp³-hybridized carbons (Fsp3) is 0.444. The van der Waals surface area contributed by atoms with Crippen molar-refractivity contribution in [2.45, 2.75) is 31.7 Å². The van der Waals surface area contributed by atoms with E-state index in [1.807, 2.05) is 30.3 Å². The molecule has 1 aliphatic heterocycles. The summed E-state index contributed by atoms with van der Waals surface area (Å²) in [4.78, 5) is 30.8. The zero-order chi connectivity index (χ0) is 17.2. The number of hydrogen-bond acceptors (Lipinski definition) is 5. The summed E-state index contributed by atoms with van der Waals surface area (Å²) >= 11 is 0. The number of nitrogens with one attached hydrogen (secondary N) is 1. The Morgan fingerprint density at radius 2 is 2.08 bits per heavy atom. The lowest BCUT2D eigenvalue weighted by atomic mass is 10.1. The molecule has 25 heavy (non-hydrogen) atoms. The fourth-order valence-corrected chi connectivity index (χ4v) is 3.11. The topological polar surface area (TPSA) is 88.3 Å². The van der Waals surface area contributed by atoms with E-state index in [9.17, 15) is 9.59 Å². The van der Waals surface area contributed by atoms with Crippen molar-refractivity contribution in [1.82, 2.24) is 20.4 Å². The lowest BCUT2D eigenvalue weighted by Crippen LogP contribution is -2.58. The highest BCUT2D eigenvalue weighted by Crippen LogP contribution is 2.33. The normalized spacial score (nSPS) is 20.4. The Labute approximate surface area is 145 Å². The number of benzene rings is 1. The van der Waals surface area contributed by atoms with Crippen LogP contribution in [0.1, 0.15) is 25.2 Å². The Morgan fingerprint density at radius 3 is 2.84 bits per heavy atom. The zero-order valence-corrected chi connectivity index (χ0v) is 13.9. The van der Waals surface area contributed by atoms with Crippen molar-refractivity contribution in [3.63, 3.8) is 0 Å². The molecule has 1 saturated heterocycles. The van der Waals surface area contributed by atoms with Crippen molar-refractivity contribution in [1.29, 1.82) is 0 Å². The van der Waals surface area contributed by atoms with Crippen molar-refractivity contribution in [2.24, 2.45) is 5.92 Å². The molecule has 0 radical (unpaired) electrons. The van der Waals surface area contributed by atoms with E-state index < -0.39 is 6.04 Å². The van der Waals surface area contributed by atoms with Gasteiger partial charge in [0, 0.05) is 25.1 Å². The SMILES string of the molecule is O=C1NCCN(C(=O)CC2CC2)C1Cc1nc(-c2ccccc2)no1. The molecule has 4 rings (SSSR count). The molecule has 7 heteroatoms. The van der Waals surface area contributed by atoms with E-state index in [1.54, 1.807) is 4.90 Å². The molecule has 0 bridgehead atoms. The lowest BCUT2D eigenvalue weighted by molar-refractivity contribution is -0.143. The van der Waals surface area contributed by atoms with Crippen LogP contribution >= 0.6 is 0 Å². The molecule has 130 valence electrons. The van der Waals surface area contributed by atoms with Crippen molar-refractivity contribution >= 4 is 11.8 Å². The van der Waals surface area contributed by atoms with Gasteiger partial charge in [0.1, 0.15) is 6.04 Å². The number of carbonyl (C=O) groups is 2. The predicted molar refractivity (Wildman–Crippen MR) is 89.3 cm³/mol. The highest BCUT2D eigenvalue weighted by molar-refractivity contribution is 5.89. The van der Waals surface area contributed by atoms with Gasteiger partial charge in [0.15, 0.2) is 0 Å². The first-order chi connectivity index (χ1) is 12.2. The Morgan fingerprint density at radius 1 is 1.28 bits per heavy atom. The fourth-order valence-electron chi connectivity index (χ4n) is 3.11. The Kier molecular flexibility index (Phi) is 4.21. The van der Waals surface area contributed by atoms with Crippen molar-refractivity contribution in [3.8, 4) is 11.4 Å². The van der Waals surface area contributed by atoms with Gasteiger partial charge in [-0.1, -0.05) is 35.5 Å². The van der Waals surface area contributed by atoms with Crippen LogP contribution in [0.15, 0.2) is 34.9 Å². The predicted octanol–water partition coefficient (Wildman–Crippen LogP) is 1.41. The minimum absolute atomic E-state index is 0.0464. The van der Waals surface area contributed by atoms with Gasteiger partial charge < -0.3 is 14.7 Å². The van der Waals surface area contributed by atoms with Crippen LogP contribution in [-0.2, 0) is 16.0 Å². The quantitative estimate of drug-likeness (QED) is 0.889. The molecule has 2 aliphatic rings. The Balaban J connectivity index is 1.49. The number of rotatable bonds is 5. The van der Waals surface area contributed by atoms with Gasteiger partial charge >= 0.3 is 0 Å². The molecule has 7 nitrogen and oxygen atoms in total. The average Bonchev–Trinajstić information content (AvgIpc) is 3.32. The minimum Gasteiger partial charge on any atom is -0.353 e. The van der Waals surface area contributed by atoms with E-state index in [4.69, 9.17) is 4.52 Å². The summed E-state index contributed by atoms with van der Waals surface area (Å²) in [6.45, 7) is 1.02. The first-order valence-electron chi connectivity index (χ1n) is 8.66. The molecular weight excluding hydrogens is 320 g/mol. The highest BCUT2D eigenvalue weighted by atomic mass is 16.5. The summed E-state index contributed by atoms with van der Waals surface area (Å²) in [7, 11) is 0. The number of nitrogens with zero attached hydrogens (tertiary/aromatic N) is 3. The van der Waals surface area contributed by atoms with Gasteiger partial charge in [-0.25, -0.2) is 0 Å². The summed E-state index contributed by atoms with van der Waals surface area (Å²) in [5.74, 6) is 1.24. The first-order valence-corrected chi connectivity index (χ1v) is 8.66. The second-order valence-electron chi connectivity index (χ2n) is 6.62. The summed E-state index contributed by atoms with van der Waals surface area (Å²) in [5.41, 5.74) is 0.854. The van der Waals surface area contributed by atoms with Crippen molar-refractivity contribution in [3.05, 3.63) is 36.2 Å². The molecule has 1 atom stereocenters. The van der Waals surface area contributed by atoms with E-state index in [-0.39, 0.29) is 18.2 Å². The van der Waals surface area contributed by atoms with Gasteiger partial charge in [-0.15, -0.1) is 0 Å². The lowest BCUT2D eigenvalue weighted by Gasteiger charge is -2.34. The summed E-state index contributed by atoms with van der Waals surface area (Å²) < 4.78 is 5.31.